The Morgan fingerprint density at radius 2 is 2.22 bits per heavy atom. The minimum Gasteiger partial charge on any atom is -0.472 e. The predicted molar refractivity (Wildman–Crippen MR) is 82.9 cm³/mol. The Hall–Kier alpha value is -2.67. The van der Waals surface area contributed by atoms with Crippen LogP contribution < -0.4 is 0 Å². The van der Waals surface area contributed by atoms with Crippen molar-refractivity contribution < 1.29 is 14.1 Å². The molecule has 1 fully saturated rings. The fraction of sp³-hybridized carbons (Fsp3) is 0.312. The van der Waals surface area contributed by atoms with Gasteiger partial charge in [0.15, 0.2) is 6.23 Å². The first-order chi connectivity index (χ1) is 11.2. The van der Waals surface area contributed by atoms with Gasteiger partial charge in [-0.1, -0.05) is 0 Å². The number of aromatic nitrogens is 2. The molecule has 0 bridgehead atoms. The SMILES string of the molecule is O=[N+]([O-])c1cc(-c2ccoc2)cc2c1cnn2C1CCCCO1. The molecule has 1 atom stereocenters. The number of hydrogen-bond acceptors (Lipinski definition) is 5. The summed E-state index contributed by atoms with van der Waals surface area (Å²) < 4.78 is 12.6. The van der Waals surface area contributed by atoms with Crippen molar-refractivity contribution in [2.45, 2.75) is 25.5 Å². The topological polar surface area (TPSA) is 83.3 Å². The zero-order valence-corrected chi connectivity index (χ0v) is 12.3. The quantitative estimate of drug-likeness (QED) is 0.541. The summed E-state index contributed by atoms with van der Waals surface area (Å²) in [5, 5.41) is 16.3. The number of rotatable bonds is 3. The molecule has 3 heterocycles. The van der Waals surface area contributed by atoms with E-state index in [9.17, 15) is 10.1 Å². The number of furan rings is 1. The van der Waals surface area contributed by atoms with E-state index < -0.39 is 0 Å². The van der Waals surface area contributed by atoms with Gasteiger partial charge in [0.2, 0.25) is 0 Å². The molecule has 7 nitrogen and oxygen atoms in total. The molecule has 0 N–H and O–H groups in total. The highest BCUT2D eigenvalue weighted by atomic mass is 16.6. The fourth-order valence-electron chi connectivity index (χ4n) is 3.02. The molecule has 1 saturated heterocycles. The molecule has 4 rings (SSSR count). The number of nitro benzene ring substituents is 1. The summed E-state index contributed by atoms with van der Waals surface area (Å²) >= 11 is 0. The minimum absolute atomic E-state index is 0.0424. The van der Waals surface area contributed by atoms with Crippen LogP contribution in [0.25, 0.3) is 22.0 Å². The summed E-state index contributed by atoms with van der Waals surface area (Å²) in [4.78, 5) is 11.1. The molecule has 0 radical (unpaired) electrons. The smallest absolute Gasteiger partial charge is 0.281 e. The monoisotopic (exact) mass is 313 g/mol. The third-order valence-corrected chi connectivity index (χ3v) is 4.17. The molecule has 1 unspecified atom stereocenters. The Bertz CT molecular complexity index is 848. The minimum atomic E-state index is -0.375. The van der Waals surface area contributed by atoms with Crippen LogP contribution >= 0.6 is 0 Å². The molecule has 0 aliphatic carbocycles. The first-order valence-electron chi connectivity index (χ1n) is 7.54. The van der Waals surface area contributed by atoms with Crippen LogP contribution in [0.4, 0.5) is 5.69 Å². The number of hydrogen-bond donors (Lipinski definition) is 0. The van der Waals surface area contributed by atoms with Gasteiger partial charge in [-0.3, -0.25) is 10.1 Å². The second kappa shape index (κ2) is 5.51. The van der Waals surface area contributed by atoms with Crippen LogP contribution in [0.5, 0.6) is 0 Å². The second-order valence-corrected chi connectivity index (χ2v) is 5.61. The molecular weight excluding hydrogens is 298 g/mol. The van der Waals surface area contributed by atoms with Crippen molar-refractivity contribution in [2.75, 3.05) is 6.61 Å². The maximum Gasteiger partial charge on any atom is 0.281 e. The zero-order valence-electron chi connectivity index (χ0n) is 12.3. The Kier molecular flexibility index (Phi) is 3.34. The molecule has 1 aromatic carbocycles. The number of nitro groups is 1. The average molecular weight is 313 g/mol. The Balaban J connectivity index is 1.91. The highest BCUT2D eigenvalue weighted by Crippen LogP contribution is 2.35. The largest absolute Gasteiger partial charge is 0.472 e. The number of ether oxygens (including phenoxy) is 1. The molecule has 118 valence electrons. The van der Waals surface area contributed by atoms with E-state index in [4.69, 9.17) is 9.15 Å². The second-order valence-electron chi connectivity index (χ2n) is 5.61. The van der Waals surface area contributed by atoms with Crippen molar-refractivity contribution in [1.29, 1.82) is 0 Å². The van der Waals surface area contributed by atoms with E-state index in [2.05, 4.69) is 5.10 Å². The van der Waals surface area contributed by atoms with Crippen LogP contribution in [0.2, 0.25) is 0 Å². The van der Waals surface area contributed by atoms with Crippen molar-refractivity contribution in [3.63, 3.8) is 0 Å². The van der Waals surface area contributed by atoms with Gasteiger partial charge in [0.1, 0.15) is 0 Å². The van der Waals surface area contributed by atoms with Gasteiger partial charge in [0, 0.05) is 18.2 Å². The molecule has 23 heavy (non-hydrogen) atoms. The van der Waals surface area contributed by atoms with Crippen LogP contribution in [0.3, 0.4) is 0 Å². The van der Waals surface area contributed by atoms with E-state index in [0.29, 0.717) is 17.5 Å². The molecular formula is C16H15N3O4. The summed E-state index contributed by atoms with van der Waals surface area (Å²) in [6, 6.07) is 5.24. The normalized spacial score (nSPS) is 18.3. The molecule has 0 amide bonds. The van der Waals surface area contributed by atoms with E-state index >= 15 is 0 Å². The Morgan fingerprint density at radius 1 is 1.30 bits per heavy atom. The summed E-state index contributed by atoms with van der Waals surface area (Å²) in [5.74, 6) is 0. The lowest BCUT2D eigenvalue weighted by atomic mass is 10.1. The third-order valence-electron chi connectivity index (χ3n) is 4.17. The van der Waals surface area contributed by atoms with Crippen molar-refractivity contribution in [1.82, 2.24) is 9.78 Å². The lowest BCUT2D eigenvalue weighted by molar-refractivity contribution is -0.383. The van der Waals surface area contributed by atoms with Crippen LogP contribution in [0, 0.1) is 10.1 Å². The molecule has 0 saturated carbocycles. The fourth-order valence-corrected chi connectivity index (χ4v) is 3.02. The van der Waals surface area contributed by atoms with E-state index in [0.717, 1.165) is 30.4 Å². The zero-order chi connectivity index (χ0) is 15.8. The van der Waals surface area contributed by atoms with Crippen molar-refractivity contribution in [3.05, 3.63) is 47.0 Å². The molecule has 1 aliphatic rings. The lowest BCUT2D eigenvalue weighted by Gasteiger charge is -2.23. The summed E-state index contributed by atoms with van der Waals surface area (Å²) in [6.07, 6.45) is 7.47. The molecule has 7 heteroatoms. The van der Waals surface area contributed by atoms with Crippen LogP contribution in [-0.4, -0.2) is 21.3 Å². The molecule has 3 aromatic rings. The van der Waals surface area contributed by atoms with Crippen LogP contribution in [0.15, 0.2) is 41.3 Å². The van der Waals surface area contributed by atoms with Gasteiger partial charge >= 0.3 is 0 Å². The number of non-ortho nitro benzene ring substituents is 1. The predicted octanol–water partition coefficient (Wildman–Crippen LogP) is 3.90. The van der Waals surface area contributed by atoms with E-state index in [1.54, 1.807) is 35.5 Å². The maximum atomic E-state index is 11.4. The van der Waals surface area contributed by atoms with Gasteiger partial charge in [-0.2, -0.15) is 5.10 Å². The highest BCUT2D eigenvalue weighted by Gasteiger charge is 2.23. The number of nitrogens with zero attached hydrogens (tertiary/aromatic N) is 3. The standard InChI is InChI=1S/C16H15N3O4/c20-19(21)15-8-12(11-4-6-22-10-11)7-14-13(15)9-17-18(14)16-3-1-2-5-23-16/h4,6-10,16H,1-3,5H2. The number of benzene rings is 1. The molecule has 1 aliphatic heterocycles. The summed E-state index contributed by atoms with van der Waals surface area (Å²) in [7, 11) is 0. The van der Waals surface area contributed by atoms with Gasteiger partial charge in [0.25, 0.3) is 5.69 Å². The first kappa shape index (κ1) is 14.0. The van der Waals surface area contributed by atoms with Crippen LogP contribution in [-0.2, 0) is 4.74 Å². The third kappa shape index (κ3) is 2.39. The van der Waals surface area contributed by atoms with Crippen molar-refractivity contribution >= 4 is 16.6 Å². The van der Waals surface area contributed by atoms with Gasteiger partial charge < -0.3 is 9.15 Å². The Labute approximate surface area is 131 Å². The molecule has 0 spiro atoms. The van der Waals surface area contributed by atoms with E-state index in [1.165, 1.54) is 0 Å². The lowest BCUT2D eigenvalue weighted by Crippen LogP contribution is -2.18. The summed E-state index contributed by atoms with van der Waals surface area (Å²) in [6.45, 7) is 0.690. The van der Waals surface area contributed by atoms with E-state index in [1.807, 2.05) is 6.07 Å². The van der Waals surface area contributed by atoms with E-state index in [-0.39, 0.29) is 16.8 Å². The van der Waals surface area contributed by atoms with Gasteiger partial charge in [0.05, 0.1) is 34.5 Å². The Morgan fingerprint density at radius 3 is 2.91 bits per heavy atom. The number of fused-ring (bicyclic) bond motifs is 1. The van der Waals surface area contributed by atoms with Crippen molar-refractivity contribution in [3.8, 4) is 11.1 Å². The maximum absolute atomic E-state index is 11.4. The van der Waals surface area contributed by atoms with Crippen molar-refractivity contribution in [2.24, 2.45) is 0 Å². The first-order valence-corrected chi connectivity index (χ1v) is 7.54. The summed E-state index contributed by atoms with van der Waals surface area (Å²) in [5.41, 5.74) is 2.28. The van der Waals surface area contributed by atoms with Gasteiger partial charge in [-0.15, -0.1) is 0 Å². The highest BCUT2D eigenvalue weighted by molar-refractivity contribution is 5.92. The van der Waals surface area contributed by atoms with Gasteiger partial charge in [-0.25, -0.2) is 4.68 Å². The van der Waals surface area contributed by atoms with Crippen LogP contribution in [0.1, 0.15) is 25.5 Å². The average Bonchev–Trinajstić information content (AvgIpc) is 3.24. The molecule has 2 aromatic heterocycles. The van der Waals surface area contributed by atoms with Gasteiger partial charge in [-0.05, 0) is 37.0 Å².